The van der Waals surface area contributed by atoms with E-state index in [0.717, 1.165) is 38.2 Å². The first kappa shape index (κ1) is 11.6. The van der Waals surface area contributed by atoms with Crippen LogP contribution in [0.5, 0.6) is 0 Å². The lowest BCUT2D eigenvalue weighted by atomic mass is 10.00. The van der Waals surface area contributed by atoms with E-state index in [1.165, 1.54) is 0 Å². The Balaban J connectivity index is 1.87. The van der Waals surface area contributed by atoms with E-state index in [1.54, 1.807) is 11.3 Å². The predicted octanol–water partition coefficient (Wildman–Crippen LogP) is 2.25. The van der Waals surface area contributed by atoms with Gasteiger partial charge in [0.1, 0.15) is 0 Å². The summed E-state index contributed by atoms with van der Waals surface area (Å²) in [6.45, 7) is 2.52. The van der Waals surface area contributed by atoms with Crippen molar-refractivity contribution in [2.45, 2.75) is 12.8 Å². The van der Waals surface area contributed by atoms with Crippen LogP contribution in [-0.4, -0.2) is 37.6 Å². The summed E-state index contributed by atoms with van der Waals surface area (Å²) in [6, 6.07) is 1.88. The zero-order valence-corrected chi connectivity index (χ0v) is 10.3. The minimum atomic E-state index is 0.132. The van der Waals surface area contributed by atoms with Crippen molar-refractivity contribution in [2.75, 3.05) is 26.8 Å². The first-order valence-electron chi connectivity index (χ1n) is 5.63. The zero-order chi connectivity index (χ0) is 11.4. The molecule has 0 aliphatic carbocycles. The van der Waals surface area contributed by atoms with Crippen molar-refractivity contribution >= 4 is 17.2 Å². The van der Waals surface area contributed by atoms with E-state index in [4.69, 9.17) is 4.74 Å². The van der Waals surface area contributed by atoms with Crippen LogP contribution in [0.1, 0.15) is 23.2 Å². The molecule has 88 valence electrons. The molecule has 0 radical (unpaired) electrons. The van der Waals surface area contributed by atoms with Gasteiger partial charge in [0.05, 0.1) is 5.56 Å². The average Bonchev–Trinajstić information content (AvgIpc) is 2.83. The van der Waals surface area contributed by atoms with Crippen molar-refractivity contribution in [1.82, 2.24) is 4.90 Å². The topological polar surface area (TPSA) is 29.5 Å². The fourth-order valence-electron chi connectivity index (χ4n) is 2.01. The lowest BCUT2D eigenvalue weighted by Crippen LogP contribution is -2.33. The third-order valence-electron chi connectivity index (χ3n) is 2.99. The van der Waals surface area contributed by atoms with E-state index in [-0.39, 0.29) is 5.91 Å². The highest BCUT2D eigenvalue weighted by molar-refractivity contribution is 7.08. The van der Waals surface area contributed by atoms with Gasteiger partial charge in [-0.05, 0) is 30.2 Å². The highest BCUT2D eigenvalue weighted by atomic mass is 32.1. The number of carbonyl (C=O) groups is 1. The fourth-order valence-corrected chi connectivity index (χ4v) is 2.64. The summed E-state index contributed by atoms with van der Waals surface area (Å²) in [5.41, 5.74) is 0.805. The predicted molar refractivity (Wildman–Crippen MR) is 64.8 cm³/mol. The van der Waals surface area contributed by atoms with Gasteiger partial charge in [-0.1, -0.05) is 0 Å². The second-order valence-corrected chi connectivity index (χ2v) is 5.03. The second kappa shape index (κ2) is 5.46. The molecule has 2 heterocycles. The van der Waals surface area contributed by atoms with Gasteiger partial charge in [0, 0.05) is 32.2 Å². The number of ether oxygens (including phenoxy) is 1. The molecule has 0 bridgehead atoms. The van der Waals surface area contributed by atoms with Gasteiger partial charge in [0.2, 0.25) is 0 Å². The second-order valence-electron chi connectivity index (χ2n) is 4.25. The number of hydrogen-bond acceptors (Lipinski definition) is 3. The molecule has 0 aromatic carbocycles. The molecule has 1 aromatic rings. The van der Waals surface area contributed by atoms with Crippen LogP contribution >= 0.6 is 11.3 Å². The molecule has 1 saturated heterocycles. The molecule has 0 unspecified atom stereocenters. The quantitative estimate of drug-likeness (QED) is 0.809. The molecular weight excluding hydrogens is 222 g/mol. The Morgan fingerprint density at radius 3 is 2.94 bits per heavy atom. The van der Waals surface area contributed by atoms with Crippen LogP contribution in [0.25, 0.3) is 0 Å². The smallest absolute Gasteiger partial charge is 0.254 e. The highest BCUT2D eigenvalue weighted by Gasteiger charge is 2.19. The maximum absolute atomic E-state index is 12.0. The minimum absolute atomic E-state index is 0.132. The Hall–Kier alpha value is -0.870. The van der Waals surface area contributed by atoms with Gasteiger partial charge in [-0.3, -0.25) is 4.79 Å². The monoisotopic (exact) mass is 239 g/mol. The van der Waals surface area contributed by atoms with E-state index in [0.29, 0.717) is 5.92 Å². The zero-order valence-electron chi connectivity index (χ0n) is 9.52. The summed E-state index contributed by atoms with van der Waals surface area (Å²) in [7, 11) is 1.88. The SMILES string of the molecule is CN(CC1CCOCC1)C(=O)c1ccsc1. The van der Waals surface area contributed by atoms with Crippen LogP contribution in [0.2, 0.25) is 0 Å². The van der Waals surface area contributed by atoms with Crippen LogP contribution < -0.4 is 0 Å². The molecular formula is C12H17NO2S. The summed E-state index contributed by atoms with van der Waals surface area (Å²) in [5.74, 6) is 0.731. The van der Waals surface area contributed by atoms with Crippen LogP contribution in [-0.2, 0) is 4.74 Å². The third-order valence-corrected chi connectivity index (χ3v) is 3.67. The van der Waals surface area contributed by atoms with Gasteiger partial charge in [0.25, 0.3) is 5.91 Å². The van der Waals surface area contributed by atoms with E-state index in [1.807, 2.05) is 28.8 Å². The lowest BCUT2D eigenvalue weighted by Gasteiger charge is -2.27. The van der Waals surface area contributed by atoms with Gasteiger partial charge in [-0.25, -0.2) is 0 Å². The summed E-state index contributed by atoms with van der Waals surface area (Å²) in [5, 5.41) is 3.85. The van der Waals surface area contributed by atoms with Crippen molar-refractivity contribution in [3.63, 3.8) is 0 Å². The molecule has 2 rings (SSSR count). The minimum Gasteiger partial charge on any atom is -0.381 e. The van der Waals surface area contributed by atoms with Gasteiger partial charge in [-0.15, -0.1) is 0 Å². The first-order chi connectivity index (χ1) is 7.77. The molecule has 1 aromatic heterocycles. The van der Waals surface area contributed by atoms with Crippen LogP contribution in [0, 0.1) is 5.92 Å². The maximum Gasteiger partial charge on any atom is 0.254 e. The van der Waals surface area contributed by atoms with Gasteiger partial charge in [0.15, 0.2) is 0 Å². The number of amides is 1. The number of thiophene rings is 1. The first-order valence-corrected chi connectivity index (χ1v) is 6.57. The molecule has 1 amide bonds. The van der Waals surface area contributed by atoms with Crippen molar-refractivity contribution in [3.05, 3.63) is 22.4 Å². The van der Waals surface area contributed by atoms with Crippen molar-refractivity contribution in [3.8, 4) is 0 Å². The van der Waals surface area contributed by atoms with E-state index < -0.39 is 0 Å². The van der Waals surface area contributed by atoms with E-state index in [2.05, 4.69) is 0 Å². The Bertz CT molecular complexity index is 331. The van der Waals surface area contributed by atoms with Crippen LogP contribution in [0.15, 0.2) is 16.8 Å². The summed E-state index contributed by atoms with van der Waals surface area (Å²) in [6.07, 6.45) is 2.14. The summed E-state index contributed by atoms with van der Waals surface area (Å²) >= 11 is 1.56. The molecule has 0 spiro atoms. The Morgan fingerprint density at radius 2 is 2.31 bits per heavy atom. The number of nitrogens with zero attached hydrogens (tertiary/aromatic N) is 1. The molecule has 0 saturated carbocycles. The molecule has 4 heteroatoms. The highest BCUT2D eigenvalue weighted by Crippen LogP contribution is 2.17. The maximum atomic E-state index is 12.0. The number of hydrogen-bond donors (Lipinski definition) is 0. The van der Waals surface area contributed by atoms with Crippen LogP contribution in [0.3, 0.4) is 0 Å². The molecule has 0 N–H and O–H groups in total. The molecule has 3 nitrogen and oxygen atoms in total. The standard InChI is InChI=1S/C12H17NO2S/c1-13(8-10-2-5-15-6-3-10)12(14)11-4-7-16-9-11/h4,7,9-10H,2-3,5-6,8H2,1H3. The largest absolute Gasteiger partial charge is 0.381 e. The molecule has 1 aliphatic rings. The Morgan fingerprint density at radius 1 is 1.56 bits per heavy atom. The van der Waals surface area contributed by atoms with Crippen molar-refractivity contribution < 1.29 is 9.53 Å². The average molecular weight is 239 g/mol. The molecule has 0 atom stereocenters. The van der Waals surface area contributed by atoms with E-state index >= 15 is 0 Å². The number of rotatable bonds is 3. The van der Waals surface area contributed by atoms with Gasteiger partial charge >= 0.3 is 0 Å². The van der Waals surface area contributed by atoms with Gasteiger partial charge in [-0.2, -0.15) is 11.3 Å². The summed E-state index contributed by atoms with van der Waals surface area (Å²) in [4.78, 5) is 13.8. The fraction of sp³-hybridized carbons (Fsp3) is 0.583. The Labute approximate surface area is 100 Å². The Kier molecular flexibility index (Phi) is 3.96. The molecule has 16 heavy (non-hydrogen) atoms. The lowest BCUT2D eigenvalue weighted by molar-refractivity contribution is 0.0497. The van der Waals surface area contributed by atoms with Crippen molar-refractivity contribution in [2.24, 2.45) is 5.92 Å². The number of carbonyl (C=O) groups excluding carboxylic acids is 1. The molecule has 1 aliphatic heterocycles. The van der Waals surface area contributed by atoms with Crippen molar-refractivity contribution in [1.29, 1.82) is 0 Å². The van der Waals surface area contributed by atoms with Crippen LogP contribution in [0.4, 0.5) is 0 Å². The summed E-state index contributed by atoms with van der Waals surface area (Å²) < 4.78 is 5.31. The normalized spacial score (nSPS) is 17.3. The van der Waals surface area contributed by atoms with E-state index in [9.17, 15) is 4.79 Å². The van der Waals surface area contributed by atoms with Gasteiger partial charge < -0.3 is 9.64 Å². The third kappa shape index (κ3) is 2.83. The molecule has 1 fully saturated rings.